The van der Waals surface area contributed by atoms with Crippen molar-refractivity contribution in [3.63, 3.8) is 0 Å². The van der Waals surface area contributed by atoms with Crippen molar-refractivity contribution in [2.75, 3.05) is 0 Å². The number of hydrogen-bond donors (Lipinski definition) is 0. The van der Waals surface area contributed by atoms with E-state index in [1.807, 2.05) is 6.07 Å². The number of benzene rings is 2. The van der Waals surface area contributed by atoms with Gasteiger partial charge in [-0.25, -0.2) is 0 Å². The van der Waals surface area contributed by atoms with Crippen LogP contribution in [0.15, 0.2) is 60.9 Å². The first-order valence-corrected chi connectivity index (χ1v) is 8.16. The summed E-state index contributed by atoms with van der Waals surface area (Å²) >= 11 is 0. The molecule has 0 aliphatic heterocycles. The molecule has 0 spiro atoms. The Kier molecular flexibility index (Phi) is 5.56. The molecule has 4 nitrogen and oxygen atoms in total. The highest BCUT2D eigenvalue weighted by molar-refractivity contribution is 5.81. The van der Waals surface area contributed by atoms with Gasteiger partial charge in [0.25, 0.3) is 0 Å². The number of pyridine rings is 1. The Morgan fingerprint density at radius 3 is 1.33 bits per heavy atom. The second-order valence-corrected chi connectivity index (χ2v) is 5.87. The summed E-state index contributed by atoms with van der Waals surface area (Å²) in [6.45, 7) is 0. The Labute approximate surface area is 165 Å². The first-order chi connectivity index (χ1) is 14.1. The molecule has 10 heteroatoms. The minimum Gasteiger partial charge on any atom is -0.406 e. The summed E-state index contributed by atoms with van der Waals surface area (Å²) in [5.41, 5.74) is 1.65. The molecule has 3 aromatic rings. The predicted molar refractivity (Wildman–Crippen MR) is 93.2 cm³/mol. The van der Waals surface area contributed by atoms with E-state index in [0.29, 0.717) is 22.3 Å². The van der Waals surface area contributed by atoms with Crippen LogP contribution in [0.1, 0.15) is 5.56 Å². The number of nitriles is 1. The van der Waals surface area contributed by atoms with Crippen LogP contribution in [-0.4, -0.2) is 17.7 Å². The first kappa shape index (κ1) is 21.0. The molecule has 0 saturated carbocycles. The van der Waals surface area contributed by atoms with Crippen LogP contribution in [0.5, 0.6) is 11.5 Å². The van der Waals surface area contributed by atoms with Crippen molar-refractivity contribution in [1.82, 2.24) is 4.98 Å². The van der Waals surface area contributed by atoms with Crippen LogP contribution in [0.2, 0.25) is 0 Å². The van der Waals surface area contributed by atoms with E-state index in [1.165, 1.54) is 36.7 Å². The van der Waals surface area contributed by atoms with Gasteiger partial charge in [-0.2, -0.15) is 5.26 Å². The lowest BCUT2D eigenvalue weighted by atomic mass is 9.95. The van der Waals surface area contributed by atoms with Gasteiger partial charge in [0.15, 0.2) is 0 Å². The lowest BCUT2D eigenvalue weighted by Crippen LogP contribution is -2.16. The van der Waals surface area contributed by atoms with E-state index in [4.69, 9.17) is 0 Å². The van der Waals surface area contributed by atoms with Gasteiger partial charge in [0, 0.05) is 23.5 Å². The van der Waals surface area contributed by atoms with Crippen LogP contribution >= 0.6 is 0 Å². The van der Waals surface area contributed by atoms with Crippen LogP contribution in [0, 0.1) is 11.3 Å². The molecule has 30 heavy (non-hydrogen) atoms. The number of alkyl halides is 6. The molecular formula is C20H10F6N2O2. The fourth-order valence-corrected chi connectivity index (χ4v) is 2.69. The Balaban J connectivity index is 1.95. The van der Waals surface area contributed by atoms with Crippen LogP contribution in [0.3, 0.4) is 0 Å². The number of rotatable bonds is 4. The number of hydrogen-bond acceptors (Lipinski definition) is 4. The minimum absolute atomic E-state index is 0.152. The van der Waals surface area contributed by atoms with E-state index in [2.05, 4.69) is 14.5 Å². The maximum atomic E-state index is 12.3. The Morgan fingerprint density at radius 2 is 1.03 bits per heavy atom. The molecule has 0 unspecified atom stereocenters. The van der Waals surface area contributed by atoms with Gasteiger partial charge in [-0.15, -0.1) is 26.3 Å². The third-order valence-electron chi connectivity index (χ3n) is 3.86. The van der Waals surface area contributed by atoms with Crippen LogP contribution in [0.25, 0.3) is 22.3 Å². The van der Waals surface area contributed by atoms with E-state index in [0.717, 1.165) is 24.3 Å². The van der Waals surface area contributed by atoms with Gasteiger partial charge in [-0.3, -0.25) is 4.98 Å². The summed E-state index contributed by atoms with van der Waals surface area (Å²) in [6.07, 6.45) is -6.93. The van der Waals surface area contributed by atoms with Gasteiger partial charge in [0.05, 0.1) is 5.56 Å². The van der Waals surface area contributed by atoms with Crippen LogP contribution in [0.4, 0.5) is 26.3 Å². The van der Waals surface area contributed by atoms with E-state index in [9.17, 15) is 31.6 Å². The zero-order valence-electron chi connectivity index (χ0n) is 14.8. The summed E-state index contributed by atoms with van der Waals surface area (Å²) in [6, 6.07) is 11.7. The van der Waals surface area contributed by atoms with Crippen LogP contribution in [-0.2, 0) is 0 Å². The molecule has 0 saturated heterocycles. The average Bonchev–Trinajstić information content (AvgIpc) is 2.66. The second-order valence-electron chi connectivity index (χ2n) is 5.87. The van der Waals surface area contributed by atoms with Crippen molar-refractivity contribution >= 4 is 0 Å². The minimum atomic E-state index is -4.83. The maximum Gasteiger partial charge on any atom is 0.573 e. The average molecular weight is 424 g/mol. The zero-order valence-corrected chi connectivity index (χ0v) is 14.8. The summed E-state index contributed by atoms with van der Waals surface area (Å²) in [5, 5.41) is 9.61. The van der Waals surface area contributed by atoms with Gasteiger partial charge in [-0.1, -0.05) is 24.3 Å². The van der Waals surface area contributed by atoms with Gasteiger partial charge in [0.1, 0.15) is 17.6 Å². The molecule has 1 aromatic heterocycles. The lowest BCUT2D eigenvalue weighted by Gasteiger charge is -2.12. The monoisotopic (exact) mass is 424 g/mol. The van der Waals surface area contributed by atoms with Crippen LogP contribution < -0.4 is 9.47 Å². The molecular weight excluding hydrogens is 414 g/mol. The molecule has 3 rings (SSSR count). The number of aromatic nitrogens is 1. The molecule has 0 amide bonds. The number of nitrogens with zero attached hydrogens (tertiary/aromatic N) is 2. The molecule has 2 aromatic carbocycles. The summed E-state index contributed by atoms with van der Waals surface area (Å²) < 4.78 is 81.4. The van der Waals surface area contributed by atoms with Crippen molar-refractivity contribution in [3.8, 4) is 39.8 Å². The SMILES string of the molecule is N#Cc1c(-c2ccc(OC(F)(F)F)cc2)cncc1-c1ccc(OC(F)(F)F)cc1. The predicted octanol–water partition coefficient (Wildman–Crippen LogP) is 6.08. The van der Waals surface area contributed by atoms with Crippen molar-refractivity contribution in [2.45, 2.75) is 12.7 Å². The topological polar surface area (TPSA) is 55.1 Å². The molecule has 0 bridgehead atoms. The van der Waals surface area contributed by atoms with E-state index in [-0.39, 0.29) is 5.56 Å². The van der Waals surface area contributed by atoms with Gasteiger partial charge in [-0.05, 0) is 35.4 Å². The first-order valence-electron chi connectivity index (χ1n) is 8.16. The standard InChI is InChI=1S/C20H10F6N2O2/c21-19(22,23)29-14-5-1-12(2-6-14)17-10-28-11-18(16(17)9-27)13-3-7-15(8-4-13)30-20(24,25)26/h1-8,10-11H. The molecule has 0 radical (unpaired) electrons. The Morgan fingerprint density at radius 1 is 0.667 bits per heavy atom. The molecule has 154 valence electrons. The summed E-state index contributed by atoms with van der Waals surface area (Å²) in [5.74, 6) is -0.844. The quantitative estimate of drug-likeness (QED) is 0.476. The molecule has 0 N–H and O–H groups in total. The molecule has 0 aliphatic carbocycles. The largest absolute Gasteiger partial charge is 0.573 e. The molecule has 0 atom stereocenters. The Bertz CT molecular complexity index is 991. The highest BCUT2D eigenvalue weighted by Crippen LogP contribution is 2.34. The Hall–Kier alpha value is -3.74. The third-order valence-corrected chi connectivity index (χ3v) is 3.86. The van der Waals surface area contributed by atoms with Crippen molar-refractivity contribution in [2.24, 2.45) is 0 Å². The summed E-state index contributed by atoms with van der Waals surface area (Å²) in [4.78, 5) is 4.04. The molecule has 1 heterocycles. The number of halogens is 6. The van der Waals surface area contributed by atoms with Gasteiger partial charge in [0.2, 0.25) is 0 Å². The third kappa shape index (κ3) is 5.20. The lowest BCUT2D eigenvalue weighted by molar-refractivity contribution is -0.275. The van der Waals surface area contributed by atoms with Crippen molar-refractivity contribution in [3.05, 3.63) is 66.5 Å². The molecule has 0 aliphatic rings. The molecule has 0 fully saturated rings. The van der Waals surface area contributed by atoms with E-state index >= 15 is 0 Å². The van der Waals surface area contributed by atoms with Crippen molar-refractivity contribution in [1.29, 1.82) is 5.26 Å². The number of ether oxygens (including phenoxy) is 2. The smallest absolute Gasteiger partial charge is 0.406 e. The van der Waals surface area contributed by atoms with Crippen molar-refractivity contribution < 1.29 is 35.8 Å². The zero-order chi connectivity index (χ0) is 21.9. The normalized spacial score (nSPS) is 11.6. The second kappa shape index (κ2) is 7.94. The fourth-order valence-electron chi connectivity index (χ4n) is 2.69. The summed E-state index contributed by atoms with van der Waals surface area (Å²) in [7, 11) is 0. The highest BCUT2D eigenvalue weighted by Gasteiger charge is 2.31. The van der Waals surface area contributed by atoms with Gasteiger partial charge < -0.3 is 9.47 Å². The van der Waals surface area contributed by atoms with E-state index < -0.39 is 24.2 Å². The fraction of sp³-hybridized carbons (Fsp3) is 0.100. The van der Waals surface area contributed by atoms with E-state index in [1.54, 1.807) is 0 Å². The highest BCUT2D eigenvalue weighted by atomic mass is 19.4. The van der Waals surface area contributed by atoms with Gasteiger partial charge >= 0.3 is 12.7 Å². The maximum absolute atomic E-state index is 12.3.